The van der Waals surface area contributed by atoms with Gasteiger partial charge in [-0.15, -0.1) is 0 Å². The molecule has 5 heteroatoms. The van der Waals surface area contributed by atoms with Crippen molar-refractivity contribution in [3.05, 3.63) is 52.5 Å². The van der Waals surface area contributed by atoms with Gasteiger partial charge in [-0.3, -0.25) is 4.79 Å². The molecule has 2 aromatic rings. The molecule has 122 valence electrons. The number of benzene rings is 2. The molecule has 23 heavy (non-hydrogen) atoms. The minimum absolute atomic E-state index is 0.0508. The summed E-state index contributed by atoms with van der Waals surface area (Å²) in [4.78, 5) is 12.1. The van der Waals surface area contributed by atoms with E-state index in [1.165, 1.54) is 0 Å². The van der Waals surface area contributed by atoms with E-state index in [1.807, 2.05) is 37.3 Å². The van der Waals surface area contributed by atoms with Crippen LogP contribution in [0.4, 0.5) is 5.69 Å². The lowest BCUT2D eigenvalue weighted by Gasteiger charge is -2.11. The molecule has 0 aliphatic heterocycles. The fraction of sp³-hybridized carbons (Fsp3) is 0.278. The molecule has 0 unspecified atom stereocenters. The molecule has 2 rings (SSSR count). The molecule has 0 aliphatic rings. The second-order valence-electron chi connectivity index (χ2n) is 5.15. The number of hydrogen-bond donors (Lipinski definition) is 1. The molecule has 0 spiro atoms. The maximum absolute atomic E-state index is 12.1. The number of methoxy groups -OCH3 is 2. The molecule has 2 aromatic carbocycles. The van der Waals surface area contributed by atoms with Gasteiger partial charge in [0.2, 0.25) is 5.91 Å². The third kappa shape index (κ3) is 4.39. The van der Waals surface area contributed by atoms with Gasteiger partial charge < -0.3 is 14.8 Å². The lowest BCUT2D eigenvalue weighted by molar-refractivity contribution is -0.116. The van der Waals surface area contributed by atoms with E-state index in [9.17, 15) is 4.79 Å². The van der Waals surface area contributed by atoms with Gasteiger partial charge in [0.15, 0.2) is 11.5 Å². The average Bonchev–Trinajstić information content (AvgIpc) is 2.56. The summed E-state index contributed by atoms with van der Waals surface area (Å²) in [5.74, 6) is 1.29. The second-order valence-corrected chi connectivity index (χ2v) is 5.56. The van der Waals surface area contributed by atoms with Crippen LogP contribution in [0.15, 0.2) is 36.4 Å². The number of rotatable bonds is 6. The first-order valence-electron chi connectivity index (χ1n) is 7.31. The first-order chi connectivity index (χ1) is 11.0. The van der Waals surface area contributed by atoms with E-state index in [1.54, 1.807) is 20.3 Å². The molecule has 0 fully saturated rings. The minimum Gasteiger partial charge on any atom is -0.493 e. The molecular weight excluding hydrogens is 314 g/mol. The van der Waals surface area contributed by atoms with Crippen LogP contribution in [0.5, 0.6) is 11.5 Å². The molecule has 0 bridgehead atoms. The quantitative estimate of drug-likeness (QED) is 0.860. The molecule has 0 saturated heterocycles. The highest BCUT2D eigenvalue weighted by Gasteiger charge is 2.09. The second kappa shape index (κ2) is 7.88. The molecule has 0 radical (unpaired) electrons. The van der Waals surface area contributed by atoms with E-state index in [-0.39, 0.29) is 5.91 Å². The first kappa shape index (κ1) is 17.2. The van der Waals surface area contributed by atoms with Crippen molar-refractivity contribution in [1.29, 1.82) is 0 Å². The van der Waals surface area contributed by atoms with Crippen LogP contribution in [-0.2, 0) is 11.2 Å². The number of nitrogens with one attached hydrogen (secondary N) is 1. The molecule has 1 amide bonds. The van der Waals surface area contributed by atoms with Gasteiger partial charge in [0.25, 0.3) is 0 Å². The van der Waals surface area contributed by atoms with Crippen molar-refractivity contribution in [2.45, 2.75) is 19.8 Å². The predicted octanol–water partition coefficient (Wildman–Crippen LogP) is 4.24. The van der Waals surface area contributed by atoms with E-state index < -0.39 is 0 Å². The van der Waals surface area contributed by atoms with Crippen LogP contribution in [0.25, 0.3) is 0 Å². The summed E-state index contributed by atoms with van der Waals surface area (Å²) in [7, 11) is 3.19. The number of halogens is 1. The zero-order chi connectivity index (χ0) is 16.8. The van der Waals surface area contributed by atoms with Crippen LogP contribution in [0.3, 0.4) is 0 Å². The van der Waals surface area contributed by atoms with Crippen molar-refractivity contribution in [1.82, 2.24) is 0 Å². The number of carbonyl (C=O) groups excluding carboxylic acids is 1. The SMILES string of the molecule is COc1ccc(CCC(=O)Nc2cccc(Cl)c2C)cc1OC. The Morgan fingerprint density at radius 1 is 1.13 bits per heavy atom. The molecule has 0 aromatic heterocycles. The number of anilines is 1. The summed E-state index contributed by atoms with van der Waals surface area (Å²) in [6, 6.07) is 11.1. The summed E-state index contributed by atoms with van der Waals surface area (Å²) in [6.07, 6.45) is 0.993. The lowest BCUT2D eigenvalue weighted by atomic mass is 10.1. The lowest BCUT2D eigenvalue weighted by Crippen LogP contribution is -2.13. The summed E-state index contributed by atoms with van der Waals surface area (Å²) >= 11 is 6.06. The fourth-order valence-corrected chi connectivity index (χ4v) is 2.42. The van der Waals surface area contributed by atoms with Crippen LogP contribution in [0.1, 0.15) is 17.5 Å². The van der Waals surface area contributed by atoms with Crippen molar-refractivity contribution < 1.29 is 14.3 Å². The molecule has 0 atom stereocenters. The topological polar surface area (TPSA) is 47.6 Å². The summed E-state index contributed by atoms with van der Waals surface area (Å²) in [5.41, 5.74) is 2.63. The Morgan fingerprint density at radius 3 is 2.57 bits per heavy atom. The van der Waals surface area contributed by atoms with Crippen LogP contribution < -0.4 is 14.8 Å². The Morgan fingerprint density at radius 2 is 1.87 bits per heavy atom. The molecule has 4 nitrogen and oxygen atoms in total. The van der Waals surface area contributed by atoms with Gasteiger partial charge in [-0.05, 0) is 48.7 Å². The van der Waals surface area contributed by atoms with E-state index in [0.717, 1.165) is 16.8 Å². The van der Waals surface area contributed by atoms with E-state index >= 15 is 0 Å². The Hall–Kier alpha value is -2.20. The van der Waals surface area contributed by atoms with Gasteiger partial charge in [0, 0.05) is 17.1 Å². The van der Waals surface area contributed by atoms with Gasteiger partial charge in [-0.2, -0.15) is 0 Å². The molecule has 0 aliphatic carbocycles. The van der Waals surface area contributed by atoms with E-state index in [4.69, 9.17) is 21.1 Å². The summed E-state index contributed by atoms with van der Waals surface area (Å²) in [5, 5.41) is 3.53. The number of hydrogen-bond acceptors (Lipinski definition) is 3. The molecular formula is C18H20ClNO3. The number of amides is 1. The highest BCUT2D eigenvalue weighted by Crippen LogP contribution is 2.28. The Balaban J connectivity index is 1.98. The molecule has 0 saturated carbocycles. The largest absolute Gasteiger partial charge is 0.493 e. The van der Waals surface area contributed by atoms with Crippen molar-refractivity contribution >= 4 is 23.2 Å². The summed E-state index contributed by atoms with van der Waals surface area (Å²) in [6.45, 7) is 1.88. The Bertz CT molecular complexity index is 701. The zero-order valence-corrected chi connectivity index (χ0v) is 14.2. The van der Waals surface area contributed by atoms with Crippen molar-refractivity contribution in [3.8, 4) is 11.5 Å². The van der Waals surface area contributed by atoms with Gasteiger partial charge in [0.1, 0.15) is 0 Å². The molecule has 0 heterocycles. The first-order valence-corrected chi connectivity index (χ1v) is 7.68. The normalized spacial score (nSPS) is 10.3. The van der Waals surface area contributed by atoms with Crippen LogP contribution in [-0.4, -0.2) is 20.1 Å². The maximum Gasteiger partial charge on any atom is 0.224 e. The highest BCUT2D eigenvalue weighted by molar-refractivity contribution is 6.31. The van der Waals surface area contributed by atoms with Crippen molar-refractivity contribution in [2.75, 3.05) is 19.5 Å². The zero-order valence-electron chi connectivity index (χ0n) is 13.5. The maximum atomic E-state index is 12.1. The Kier molecular flexibility index (Phi) is 5.88. The number of aryl methyl sites for hydroxylation is 1. The van der Waals surface area contributed by atoms with Gasteiger partial charge in [-0.25, -0.2) is 0 Å². The molecule has 1 N–H and O–H groups in total. The monoisotopic (exact) mass is 333 g/mol. The van der Waals surface area contributed by atoms with Gasteiger partial charge in [-0.1, -0.05) is 23.7 Å². The van der Waals surface area contributed by atoms with Crippen LogP contribution in [0.2, 0.25) is 5.02 Å². The van der Waals surface area contributed by atoms with Gasteiger partial charge in [0.05, 0.1) is 14.2 Å². The third-order valence-corrected chi connectivity index (χ3v) is 4.04. The standard InChI is InChI=1S/C18H20ClNO3/c1-12-14(19)5-4-6-15(12)20-18(21)10-8-13-7-9-16(22-2)17(11-13)23-3/h4-7,9,11H,8,10H2,1-3H3,(H,20,21). The third-order valence-electron chi connectivity index (χ3n) is 3.63. The smallest absolute Gasteiger partial charge is 0.224 e. The Labute approximate surface area is 141 Å². The van der Waals surface area contributed by atoms with Crippen LogP contribution >= 0.6 is 11.6 Å². The number of ether oxygens (including phenoxy) is 2. The van der Waals surface area contributed by atoms with Crippen molar-refractivity contribution in [3.63, 3.8) is 0 Å². The predicted molar refractivity (Wildman–Crippen MR) is 92.7 cm³/mol. The minimum atomic E-state index is -0.0508. The van der Waals surface area contributed by atoms with Gasteiger partial charge >= 0.3 is 0 Å². The fourth-order valence-electron chi connectivity index (χ4n) is 2.25. The summed E-state index contributed by atoms with van der Waals surface area (Å²) < 4.78 is 10.5. The van der Waals surface area contributed by atoms with E-state index in [0.29, 0.717) is 29.4 Å². The highest BCUT2D eigenvalue weighted by atomic mass is 35.5. The van der Waals surface area contributed by atoms with Crippen LogP contribution in [0, 0.1) is 6.92 Å². The number of carbonyl (C=O) groups is 1. The average molecular weight is 334 g/mol. The van der Waals surface area contributed by atoms with E-state index in [2.05, 4.69) is 5.32 Å². The van der Waals surface area contributed by atoms with Crippen molar-refractivity contribution in [2.24, 2.45) is 0 Å².